The summed E-state index contributed by atoms with van der Waals surface area (Å²) in [5.74, 6) is -0.918. The Hall–Kier alpha value is -2.35. The minimum atomic E-state index is -0.918. The van der Waals surface area contributed by atoms with Gasteiger partial charge < -0.3 is 9.51 Å². The number of aliphatic carboxylic acids is 1. The zero-order valence-corrected chi connectivity index (χ0v) is 7.71. The first-order valence-corrected chi connectivity index (χ1v) is 4.28. The maximum atomic E-state index is 10.5. The Morgan fingerprint density at radius 3 is 3.00 bits per heavy atom. The number of carboxylic acids is 1. The van der Waals surface area contributed by atoms with Gasteiger partial charge in [-0.1, -0.05) is 0 Å². The van der Waals surface area contributed by atoms with Crippen molar-refractivity contribution in [2.45, 2.75) is 6.42 Å². The molecule has 0 fully saturated rings. The molecule has 0 unspecified atom stereocenters. The first kappa shape index (κ1) is 9.21. The van der Waals surface area contributed by atoms with Gasteiger partial charge >= 0.3 is 5.97 Å². The van der Waals surface area contributed by atoms with Crippen molar-refractivity contribution in [3.8, 4) is 6.07 Å². The summed E-state index contributed by atoms with van der Waals surface area (Å²) < 4.78 is 1.65. The molecule has 74 valence electrons. The Balaban J connectivity index is 2.47. The van der Waals surface area contributed by atoms with Gasteiger partial charge in [-0.3, -0.25) is 4.79 Å². The zero-order valence-electron chi connectivity index (χ0n) is 7.71. The highest BCUT2D eigenvalue weighted by molar-refractivity contribution is 5.69. The summed E-state index contributed by atoms with van der Waals surface area (Å²) in [6.45, 7) is 0. The maximum absolute atomic E-state index is 10.5. The molecule has 0 amide bonds. The number of carbonyl (C=O) groups is 1. The third kappa shape index (κ3) is 1.79. The summed E-state index contributed by atoms with van der Waals surface area (Å²) >= 11 is 0. The Morgan fingerprint density at radius 1 is 1.53 bits per heavy atom. The molecule has 2 heterocycles. The quantitative estimate of drug-likeness (QED) is 0.780. The number of imidazole rings is 1. The molecular formula is C10H7N3O2. The van der Waals surface area contributed by atoms with Crippen molar-refractivity contribution >= 4 is 11.6 Å². The van der Waals surface area contributed by atoms with E-state index in [4.69, 9.17) is 10.4 Å². The van der Waals surface area contributed by atoms with Crippen LogP contribution < -0.4 is 0 Å². The lowest BCUT2D eigenvalue weighted by Crippen LogP contribution is -1.99. The minimum absolute atomic E-state index is 0.108. The molecule has 1 N–H and O–H groups in total. The summed E-state index contributed by atoms with van der Waals surface area (Å²) in [7, 11) is 0. The molecule has 2 aromatic heterocycles. The van der Waals surface area contributed by atoms with Crippen molar-refractivity contribution in [2.75, 3.05) is 0 Å². The van der Waals surface area contributed by atoms with Crippen LogP contribution in [0.1, 0.15) is 11.3 Å². The van der Waals surface area contributed by atoms with Gasteiger partial charge in [-0.25, -0.2) is 4.98 Å². The predicted molar refractivity (Wildman–Crippen MR) is 51.2 cm³/mol. The number of rotatable bonds is 2. The van der Waals surface area contributed by atoms with Gasteiger partial charge in [-0.2, -0.15) is 5.26 Å². The molecule has 0 aliphatic heterocycles. The van der Waals surface area contributed by atoms with E-state index in [9.17, 15) is 4.79 Å². The van der Waals surface area contributed by atoms with Crippen LogP contribution in [0.25, 0.3) is 5.65 Å². The highest BCUT2D eigenvalue weighted by atomic mass is 16.4. The van der Waals surface area contributed by atoms with Gasteiger partial charge in [0.2, 0.25) is 0 Å². The topological polar surface area (TPSA) is 78.4 Å². The van der Waals surface area contributed by atoms with Gasteiger partial charge in [0.25, 0.3) is 0 Å². The van der Waals surface area contributed by atoms with E-state index >= 15 is 0 Å². The van der Waals surface area contributed by atoms with E-state index in [-0.39, 0.29) is 6.42 Å². The first-order valence-electron chi connectivity index (χ1n) is 4.28. The van der Waals surface area contributed by atoms with E-state index in [0.717, 1.165) is 0 Å². The number of nitrogens with zero attached hydrogens (tertiary/aromatic N) is 3. The smallest absolute Gasteiger partial charge is 0.309 e. The Kier molecular flexibility index (Phi) is 2.10. The van der Waals surface area contributed by atoms with Gasteiger partial charge in [0.15, 0.2) is 0 Å². The predicted octanol–water partition coefficient (Wildman–Crippen LogP) is 0.833. The second-order valence-electron chi connectivity index (χ2n) is 3.10. The van der Waals surface area contributed by atoms with Crippen molar-refractivity contribution in [2.24, 2.45) is 0 Å². The molecule has 0 aliphatic carbocycles. The fourth-order valence-electron chi connectivity index (χ4n) is 1.35. The van der Waals surface area contributed by atoms with Gasteiger partial charge in [0.05, 0.1) is 17.7 Å². The SMILES string of the molecule is N#Cc1ccc2nc(CC(=O)O)cn2c1. The number of pyridine rings is 1. The molecule has 0 spiro atoms. The van der Waals surface area contributed by atoms with Gasteiger partial charge in [-0.05, 0) is 12.1 Å². The normalized spacial score (nSPS) is 10.1. The third-order valence-corrected chi connectivity index (χ3v) is 1.96. The van der Waals surface area contributed by atoms with Crippen molar-refractivity contribution in [3.05, 3.63) is 35.8 Å². The number of hydrogen-bond acceptors (Lipinski definition) is 3. The Labute approximate surface area is 85.2 Å². The van der Waals surface area contributed by atoms with E-state index in [0.29, 0.717) is 16.9 Å². The Bertz CT molecular complexity index is 566. The fraction of sp³-hybridized carbons (Fsp3) is 0.100. The largest absolute Gasteiger partial charge is 0.481 e. The van der Waals surface area contributed by atoms with Crippen molar-refractivity contribution in [1.29, 1.82) is 5.26 Å². The molecule has 0 atom stereocenters. The van der Waals surface area contributed by atoms with Crippen molar-refractivity contribution < 1.29 is 9.90 Å². The van der Waals surface area contributed by atoms with Crippen LogP contribution in [-0.2, 0) is 11.2 Å². The summed E-state index contributed by atoms with van der Waals surface area (Å²) in [4.78, 5) is 14.6. The van der Waals surface area contributed by atoms with E-state index in [2.05, 4.69) is 4.98 Å². The van der Waals surface area contributed by atoms with Gasteiger partial charge in [0, 0.05) is 12.4 Å². The molecule has 0 aromatic carbocycles. The van der Waals surface area contributed by atoms with E-state index < -0.39 is 5.97 Å². The van der Waals surface area contributed by atoms with Crippen LogP contribution in [0.15, 0.2) is 24.5 Å². The number of hydrogen-bond donors (Lipinski definition) is 1. The second-order valence-corrected chi connectivity index (χ2v) is 3.10. The van der Waals surface area contributed by atoms with E-state index in [1.807, 2.05) is 6.07 Å². The first-order chi connectivity index (χ1) is 7.19. The van der Waals surface area contributed by atoms with Gasteiger partial charge in [-0.15, -0.1) is 0 Å². The average Bonchev–Trinajstić information content (AvgIpc) is 2.57. The van der Waals surface area contributed by atoms with Crippen LogP contribution in [0.4, 0.5) is 0 Å². The van der Waals surface area contributed by atoms with Crippen LogP contribution in [0, 0.1) is 11.3 Å². The maximum Gasteiger partial charge on any atom is 0.309 e. The zero-order chi connectivity index (χ0) is 10.8. The fourth-order valence-corrected chi connectivity index (χ4v) is 1.35. The molecule has 2 rings (SSSR count). The molecule has 0 saturated carbocycles. The number of nitriles is 1. The highest BCUT2D eigenvalue weighted by Gasteiger charge is 2.05. The second kappa shape index (κ2) is 3.42. The van der Waals surface area contributed by atoms with Gasteiger partial charge in [0.1, 0.15) is 11.7 Å². The lowest BCUT2D eigenvalue weighted by Gasteiger charge is -1.91. The molecule has 0 radical (unpaired) electrons. The summed E-state index contributed by atoms with van der Waals surface area (Å²) in [6.07, 6.45) is 3.13. The monoisotopic (exact) mass is 201 g/mol. The molecule has 0 saturated heterocycles. The van der Waals surface area contributed by atoms with E-state index in [1.165, 1.54) is 0 Å². The van der Waals surface area contributed by atoms with Crippen LogP contribution in [-0.4, -0.2) is 20.5 Å². The number of fused-ring (bicyclic) bond motifs is 1. The summed E-state index contributed by atoms with van der Waals surface area (Å²) in [5.41, 5.74) is 1.64. The molecule has 0 bridgehead atoms. The Morgan fingerprint density at radius 2 is 2.33 bits per heavy atom. The molecule has 15 heavy (non-hydrogen) atoms. The molecule has 0 aliphatic rings. The average molecular weight is 201 g/mol. The molecule has 2 aromatic rings. The standard InChI is InChI=1S/C10H7N3O2/c11-4-7-1-2-9-12-8(3-10(14)15)6-13(9)5-7/h1-2,5-6H,3H2,(H,14,15). The lowest BCUT2D eigenvalue weighted by molar-refractivity contribution is -0.136. The summed E-state index contributed by atoms with van der Waals surface area (Å²) in [5, 5.41) is 17.3. The van der Waals surface area contributed by atoms with Crippen LogP contribution in [0.3, 0.4) is 0 Å². The molecular weight excluding hydrogens is 194 g/mol. The summed E-state index contributed by atoms with van der Waals surface area (Å²) in [6, 6.07) is 5.33. The highest BCUT2D eigenvalue weighted by Crippen LogP contribution is 2.07. The minimum Gasteiger partial charge on any atom is -0.481 e. The lowest BCUT2D eigenvalue weighted by atomic mass is 10.3. The molecule has 5 heteroatoms. The van der Waals surface area contributed by atoms with Crippen molar-refractivity contribution in [1.82, 2.24) is 9.38 Å². The number of aromatic nitrogens is 2. The van der Waals surface area contributed by atoms with Crippen LogP contribution in [0.2, 0.25) is 0 Å². The van der Waals surface area contributed by atoms with E-state index in [1.54, 1.807) is 28.9 Å². The molecule has 5 nitrogen and oxygen atoms in total. The van der Waals surface area contributed by atoms with Crippen LogP contribution in [0.5, 0.6) is 0 Å². The van der Waals surface area contributed by atoms with Crippen molar-refractivity contribution in [3.63, 3.8) is 0 Å². The third-order valence-electron chi connectivity index (χ3n) is 1.96. The number of carboxylic acid groups (broad SMARTS) is 1. The van der Waals surface area contributed by atoms with Crippen LogP contribution >= 0.6 is 0 Å².